The van der Waals surface area contributed by atoms with Crippen molar-refractivity contribution in [1.82, 2.24) is 4.57 Å². The number of halogens is 5. The molecule has 1 heterocycles. The van der Waals surface area contributed by atoms with E-state index in [0.29, 0.717) is 18.9 Å². The molecule has 0 bridgehead atoms. The van der Waals surface area contributed by atoms with Crippen LogP contribution in [0.4, 0.5) is 17.6 Å². The molecule has 5 nitrogen and oxygen atoms in total. The third kappa shape index (κ3) is 3.03. The minimum atomic E-state index is -5.99. The lowest BCUT2D eigenvalue weighted by molar-refractivity contribution is -0.0499. The summed E-state index contributed by atoms with van der Waals surface area (Å²) in [5.41, 5.74) is -6.00. The van der Waals surface area contributed by atoms with E-state index in [2.05, 4.69) is 20.1 Å². The zero-order chi connectivity index (χ0) is 18.7. The molecular formula is C14H10BrF4NO4S. The van der Waals surface area contributed by atoms with Crippen molar-refractivity contribution in [2.45, 2.75) is 31.3 Å². The third-order valence-corrected chi connectivity index (χ3v) is 5.75. The average molecular weight is 444 g/mol. The molecule has 11 heteroatoms. The van der Waals surface area contributed by atoms with Crippen LogP contribution in [0.25, 0.3) is 10.9 Å². The Morgan fingerprint density at radius 3 is 2.40 bits per heavy atom. The Bertz CT molecular complexity index is 1040. The van der Waals surface area contributed by atoms with Gasteiger partial charge in [-0.15, -0.1) is 0 Å². The van der Waals surface area contributed by atoms with E-state index in [0.717, 1.165) is 6.07 Å². The predicted molar refractivity (Wildman–Crippen MR) is 84.5 cm³/mol. The number of nitrogens with zero attached hydrogens (tertiary/aromatic N) is 1. The van der Waals surface area contributed by atoms with E-state index in [-0.39, 0.29) is 27.0 Å². The monoisotopic (exact) mass is 443 g/mol. The van der Waals surface area contributed by atoms with E-state index in [9.17, 15) is 30.8 Å². The van der Waals surface area contributed by atoms with E-state index in [1.165, 1.54) is 11.5 Å². The van der Waals surface area contributed by atoms with Crippen molar-refractivity contribution in [2.24, 2.45) is 0 Å². The molecule has 0 N–H and O–H groups in total. The minimum Gasteiger partial charge on any atom is -0.375 e. The fourth-order valence-corrected chi connectivity index (χ4v) is 3.31. The number of rotatable bonds is 3. The van der Waals surface area contributed by atoms with Gasteiger partial charge >= 0.3 is 15.6 Å². The molecule has 2 aromatic rings. The maximum atomic E-state index is 14.0. The minimum absolute atomic E-state index is 0.0321. The van der Waals surface area contributed by atoms with Crippen LogP contribution in [-0.2, 0) is 10.1 Å². The SMILES string of the molecule is Cc1c(Br)c(F)cc2c(OS(=O)(=O)C(F)(F)F)cc(=O)n(C3CC3)c12. The fraction of sp³-hybridized carbons (Fsp3) is 0.357. The van der Waals surface area contributed by atoms with Crippen LogP contribution in [0.5, 0.6) is 5.75 Å². The topological polar surface area (TPSA) is 65.4 Å². The van der Waals surface area contributed by atoms with Gasteiger partial charge in [0.2, 0.25) is 0 Å². The van der Waals surface area contributed by atoms with Gasteiger partial charge in [-0.2, -0.15) is 21.6 Å². The maximum absolute atomic E-state index is 14.0. The molecule has 1 fully saturated rings. The average Bonchev–Trinajstić information content (AvgIpc) is 3.29. The lowest BCUT2D eigenvalue weighted by Gasteiger charge is -2.17. The summed E-state index contributed by atoms with van der Waals surface area (Å²) in [4.78, 5) is 12.3. The molecule has 1 aromatic carbocycles. The van der Waals surface area contributed by atoms with Crippen molar-refractivity contribution >= 4 is 37.0 Å². The van der Waals surface area contributed by atoms with Crippen LogP contribution in [0.15, 0.2) is 21.4 Å². The highest BCUT2D eigenvalue weighted by Crippen LogP contribution is 2.41. The van der Waals surface area contributed by atoms with Crippen LogP contribution in [0, 0.1) is 12.7 Å². The van der Waals surface area contributed by atoms with Crippen LogP contribution in [0.2, 0.25) is 0 Å². The standard InChI is InChI=1S/C14H10BrF4NO4S/c1-6-12(15)9(16)4-8-10(24-25(22,23)14(17,18)19)5-11(21)20(13(6)8)7-2-3-7/h4-5,7H,2-3H2,1H3. The second-order valence-corrected chi connectivity index (χ2v) is 7.96. The maximum Gasteiger partial charge on any atom is 0.534 e. The second kappa shape index (κ2) is 5.70. The molecule has 0 aliphatic heterocycles. The van der Waals surface area contributed by atoms with E-state index < -0.39 is 32.8 Å². The zero-order valence-corrected chi connectivity index (χ0v) is 14.9. The predicted octanol–water partition coefficient (Wildman–Crippen LogP) is 3.77. The number of benzene rings is 1. The van der Waals surface area contributed by atoms with Crippen molar-refractivity contribution in [2.75, 3.05) is 0 Å². The molecule has 0 radical (unpaired) electrons. The highest BCUT2D eigenvalue weighted by molar-refractivity contribution is 9.10. The molecule has 3 rings (SSSR count). The van der Waals surface area contributed by atoms with Crippen LogP contribution in [0.1, 0.15) is 24.4 Å². The van der Waals surface area contributed by atoms with Crippen LogP contribution in [-0.4, -0.2) is 18.5 Å². The summed E-state index contributed by atoms with van der Waals surface area (Å²) in [5, 5.41) is -0.225. The molecule has 1 aliphatic carbocycles. The fourth-order valence-electron chi connectivity index (χ4n) is 2.54. The van der Waals surface area contributed by atoms with Gasteiger partial charge in [0.05, 0.1) is 9.99 Å². The first kappa shape index (κ1) is 18.2. The molecule has 0 atom stereocenters. The van der Waals surface area contributed by atoms with Crippen LogP contribution >= 0.6 is 15.9 Å². The van der Waals surface area contributed by atoms with Gasteiger partial charge in [0.25, 0.3) is 5.56 Å². The molecule has 136 valence electrons. The summed E-state index contributed by atoms with van der Waals surface area (Å²) < 4.78 is 79.8. The molecule has 25 heavy (non-hydrogen) atoms. The van der Waals surface area contributed by atoms with Crippen molar-refractivity contribution < 1.29 is 30.2 Å². The normalized spacial score (nSPS) is 15.6. The lowest BCUT2D eigenvalue weighted by atomic mass is 10.1. The first-order valence-corrected chi connectivity index (χ1v) is 9.19. The summed E-state index contributed by atoms with van der Waals surface area (Å²) >= 11 is 3.02. The van der Waals surface area contributed by atoms with Crippen molar-refractivity contribution in [3.8, 4) is 5.75 Å². The Morgan fingerprint density at radius 1 is 1.28 bits per heavy atom. The summed E-state index contributed by atoms with van der Waals surface area (Å²) in [6, 6.07) is 1.31. The van der Waals surface area contributed by atoms with Gasteiger partial charge in [-0.1, -0.05) is 0 Å². The largest absolute Gasteiger partial charge is 0.534 e. The Balaban J connectivity index is 2.35. The number of aromatic nitrogens is 1. The van der Waals surface area contributed by atoms with Gasteiger partial charge in [0.1, 0.15) is 5.82 Å². The summed E-state index contributed by atoms with van der Waals surface area (Å²) in [6.07, 6.45) is 1.37. The molecule has 0 amide bonds. The smallest absolute Gasteiger partial charge is 0.375 e. The van der Waals surface area contributed by atoms with Crippen molar-refractivity contribution in [3.05, 3.63) is 38.3 Å². The Morgan fingerprint density at radius 2 is 1.88 bits per heavy atom. The highest BCUT2D eigenvalue weighted by Gasteiger charge is 2.49. The Hall–Kier alpha value is -1.62. The first-order valence-electron chi connectivity index (χ1n) is 6.98. The molecule has 1 aromatic heterocycles. The number of aryl methyl sites for hydroxylation is 1. The van der Waals surface area contributed by atoms with Gasteiger partial charge in [0.15, 0.2) is 5.75 Å². The lowest BCUT2D eigenvalue weighted by Crippen LogP contribution is -2.29. The molecule has 1 saturated carbocycles. The number of pyridine rings is 1. The molecular weight excluding hydrogens is 434 g/mol. The van der Waals surface area contributed by atoms with Gasteiger partial charge in [-0.25, -0.2) is 4.39 Å². The Labute approximate surface area is 147 Å². The second-order valence-electron chi connectivity index (χ2n) is 5.62. The summed E-state index contributed by atoms with van der Waals surface area (Å²) in [5.74, 6) is -1.68. The Kier molecular flexibility index (Phi) is 4.14. The van der Waals surface area contributed by atoms with Gasteiger partial charge in [-0.3, -0.25) is 4.79 Å². The van der Waals surface area contributed by atoms with E-state index in [1.54, 1.807) is 0 Å². The molecule has 0 unspecified atom stereocenters. The molecule has 0 saturated heterocycles. The zero-order valence-electron chi connectivity index (χ0n) is 12.5. The van der Waals surface area contributed by atoms with E-state index in [4.69, 9.17) is 0 Å². The van der Waals surface area contributed by atoms with E-state index >= 15 is 0 Å². The van der Waals surface area contributed by atoms with Gasteiger partial charge < -0.3 is 8.75 Å². The van der Waals surface area contributed by atoms with Crippen LogP contribution in [0.3, 0.4) is 0 Å². The number of alkyl halides is 3. The quantitative estimate of drug-likeness (QED) is 0.411. The molecule has 1 aliphatic rings. The summed E-state index contributed by atoms with van der Waals surface area (Å²) in [7, 11) is -5.99. The number of hydrogen-bond acceptors (Lipinski definition) is 4. The third-order valence-electron chi connectivity index (χ3n) is 3.81. The first-order chi connectivity index (χ1) is 11.4. The molecule has 0 spiro atoms. The van der Waals surface area contributed by atoms with E-state index in [1.807, 2.05) is 0 Å². The van der Waals surface area contributed by atoms with Gasteiger partial charge in [0, 0.05) is 17.5 Å². The number of hydrogen-bond donors (Lipinski definition) is 0. The van der Waals surface area contributed by atoms with Crippen molar-refractivity contribution in [1.29, 1.82) is 0 Å². The highest BCUT2D eigenvalue weighted by atomic mass is 79.9. The summed E-state index contributed by atoms with van der Waals surface area (Å²) in [6.45, 7) is 1.47. The van der Waals surface area contributed by atoms with Crippen LogP contribution < -0.4 is 9.74 Å². The van der Waals surface area contributed by atoms with Gasteiger partial charge in [-0.05, 0) is 47.3 Å². The van der Waals surface area contributed by atoms with Crippen molar-refractivity contribution in [3.63, 3.8) is 0 Å². The number of fused-ring (bicyclic) bond motifs is 1.